The highest BCUT2D eigenvalue weighted by molar-refractivity contribution is 6.37. The number of nitrogens with one attached hydrogen (secondary N) is 1. The van der Waals surface area contributed by atoms with Crippen LogP contribution in [0.2, 0.25) is 5.02 Å². The van der Waals surface area contributed by atoms with Gasteiger partial charge < -0.3 is 9.72 Å². The molecule has 10 heteroatoms. The molecule has 4 rings (SSSR count). The van der Waals surface area contributed by atoms with Crippen molar-refractivity contribution < 1.29 is 4.74 Å². The van der Waals surface area contributed by atoms with Crippen LogP contribution in [0, 0.1) is 11.3 Å². The molecule has 0 radical (unpaired) electrons. The zero-order valence-electron chi connectivity index (χ0n) is 14.7. The Morgan fingerprint density at radius 3 is 2.72 bits per heavy atom. The highest BCUT2D eigenvalue weighted by Gasteiger charge is 2.18. The van der Waals surface area contributed by atoms with Gasteiger partial charge in [0, 0.05) is 36.6 Å². The van der Waals surface area contributed by atoms with E-state index in [0.29, 0.717) is 45.2 Å². The Morgan fingerprint density at radius 2 is 1.97 bits per heavy atom. The Labute approximate surface area is 174 Å². The molecule has 0 aliphatic carbocycles. The van der Waals surface area contributed by atoms with Crippen molar-refractivity contribution in [3.8, 4) is 17.8 Å². The molecule has 4 aromatic rings. The van der Waals surface area contributed by atoms with Crippen molar-refractivity contribution in [2.24, 2.45) is 0 Å². The van der Waals surface area contributed by atoms with Crippen molar-refractivity contribution in [3.05, 3.63) is 70.3 Å². The van der Waals surface area contributed by atoms with Gasteiger partial charge in [0.05, 0.1) is 33.6 Å². The minimum absolute atomic E-state index is 0.0839. The Balaban J connectivity index is 1.82. The number of H-pyrrole nitrogens is 1. The first-order valence-electron chi connectivity index (χ1n) is 8.29. The summed E-state index contributed by atoms with van der Waals surface area (Å²) >= 11 is 12.2. The predicted molar refractivity (Wildman–Crippen MR) is 108 cm³/mol. The molecule has 8 nitrogen and oxygen atoms in total. The summed E-state index contributed by atoms with van der Waals surface area (Å²) in [6, 6.07) is 3.64. The first-order chi connectivity index (χ1) is 14.2. The van der Waals surface area contributed by atoms with E-state index >= 15 is 0 Å². The van der Waals surface area contributed by atoms with Crippen molar-refractivity contribution >= 4 is 40.3 Å². The smallest absolute Gasteiger partial charge is 0.324 e. The quantitative estimate of drug-likeness (QED) is 0.509. The molecular weight excluding hydrogens is 413 g/mol. The number of rotatable bonds is 5. The van der Waals surface area contributed by atoms with Crippen molar-refractivity contribution in [1.29, 1.82) is 5.26 Å². The molecule has 0 bridgehead atoms. The monoisotopic (exact) mass is 423 g/mol. The van der Waals surface area contributed by atoms with Crippen molar-refractivity contribution in [1.82, 2.24) is 29.9 Å². The molecule has 0 unspecified atom stereocenters. The molecular formula is C19H11Cl2N7O. The van der Waals surface area contributed by atoms with Gasteiger partial charge in [-0.2, -0.15) is 15.2 Å². The molecule has 0 aromatic carbocycles. The van der Waals surface area contributed by atoms with Crippen LogP contribution in [0.25, 0.3) is 17.1 Å². The third-order valence-corrected chi connectivity index (χ3v) is 4.46. The second-order valence-electron chi connectivity index (χ2n) is 5.87. The summed E-state index contributed by atoms with van der Waals surface area (Å²) in [5.41, 5.74) is 4.27. The van der Waals surface area contributed by atoms with Crippen LogP contribution in [0.4, 0.5) is 0 Å². The fourth-order valence-corrected chi connectivity index (χ4v) is 3.16. The van der Waals surface area contributed by atoms with E-state index in [9.17, 15) is 0 Å². The summed E-state index contributed by atoms with van der Waals surface area (Å²) < 4.78 is 5.74. The van der Waals surface area contributed by atoms with Gasteiger partial charge in [-0.3, -0.25) is 4.98 Å². The molecule has 1 N–H and O–H groups in total. The summed E-state index contributed by atoms with van der Waals surface area (Å²) in [6.07, 6.45) is 9.80. The lowest BCUT2D eigenvalue weighted by molar-refractivity contribution is 0.440. The van der Waals surface area contributed by atoms with Gasteiger partial charge >= 0.3 is 6.01 Å². The number of pyridine rings is 1. The van der Waals surface area contributed by atoms with Crippen LogP contribution >= 0.6 is 23.2 Å². The van der Waals surface area contributed by atoms with Gasteiger partial charge in [0.2, 0.25) is 0 Å². The van der Waals surface area contributed by atoms with E-state index in [2.05, 4.69) is 29.9 Å². The third kappa shape index (κ3) is 4.01. The highest BCUT2D eigenvalue weighted by atomic mass is 35.5. The van der Waals surface area contributed by atoms with Crippen molar-refractivity contribution in [3.63, 3.8) is 0 Å². The summed E-state index contributed by atoms with van der Waals surface area (Å²) in [5, 5.41) is 10.1. The molecule has 0 amide bonds. The van der Waals surface area contributed by atoms with Crippen molar-refractivity contribution in [2.45, 2.75) is 6.42 Å². The molecule has 4 heterocycles. The molecule has 0 saturated heterocycles. The van der Waals surface area contributed by atoms with Gasteiger partial charge in [-0.05, 0) is 11.6 Å². The number of ether oxygens (including phenoxy) is 1. The maximum Gasteiger partial charge on any atom is 0.324 e. The number of hydrogen-bond acceptors (Lipinski definition) is 7. The van der Waals surface area contributed by atoms with E-state index in [1.54, 1.807) is 24.5 Å². The number of aromatic amines is 1. The maximum atomic E-state index is 9.04. The fraction of sp³-hybridized carbons (Fsp3) is 0.0526. The fourth-order valence-electron chi connectivity index (χ4n) is 2.73. The molecule has 0 atom stereocenters. The molecule has 0 fully saturated rings. The van der Waals surface area contributed by atoms with Gasteiger partial charge in [0.25, 0.3) is 0 Å². The second kappa shape index (κ2) is 8.22. The van der Waals surface area contributed by atoms with E-state index in [1.165, 1.54) is 24.3 Å². The lowest BCUT2D eigenvalue weighted by Crippen LogP contribution is -2.00. The van der Waals surface area contributed by atoms with Crippen molar-refractivity contribution in [2.75, 3.05) is 0 Å². The first kappa shape index (κ1) is 18.8. The van der Waals surface area contributed by atoms with Gasteiger partial charge in [0.1, 0.15) is 18.0 Å². The standard InChI is InChI=1S/C19H11Cl2N7O/c20-2-1-14-17(21)16-15(4-12-7-24-10-25-8-12)27-19(28-18(16)26-14)29-13-3-11(5-22)6-23-9-13/h1-3,6-10H,4H2,(H,26,27,28)/b2-1+. The third-order valence-electron chi connectivity index (χ3n) is 3.94. The van der Waals surface area contributed by atoms with E-state index in [-0.39, 0.29) is 6.01 Å². The molecule has 0 aliphatic heterocycles. The normalized spacial score (nSPS) is 11.1. The van der Waals surface area contributed by atoms with E-state index in [1.807, 2.05) is 6.07 Å². The number of aromatic nitrogens is 6. The van der Waals surface area contributed by atoms with E-state index in [4.69, 9.17) is 33.2 Å². The van der Waals surface area contributed by atoms with E-state index < -0.39 is 0 Å². The zero-order valence-corrected chi connectivity index (χ0v) is 16.2. The minimum Gasteiger partial charge on any atom is -0.423 e. The van der Waals surface area contributed by atoms with Crippen LogP contribution in [-0.4, -0.2) is 29.9 Å². The van der Waals surface area contributed by atoms with E-state index in [0.717, 1.165) is 5.56 Å². The summed E-state index contributed by atoms with van der Waals surface area (Å²) in [7, 11) is 0. The zero-order chi connectivity index (χ0) is 20.2. The summed E-state index contributed by atoms with van der Waals surface area (Å²) in [5.74, 6) is 0.343. The predicted octanol–water partition coefficient (Wildman–Crippen LogP) is 4.26. The maximum absolute atomic E-state index is 9.04. The Morgan fingerprint density at radius 1 is 1.14 bits per heavy atom. The van der Waals surface area contributed by atoms with Crippen LogP contribution in [0.15, 0.2) is 42.7 Å². The average Bonchev–Trinajstić information content (AvgIpc) is 3.05. The SMILES string of the molecule is N#Cc1cncc(Oc2nc(Cc3cncnc3)c3c(Cl)c(/C=C/Cl)[nH]c3n2)c1. The minimum atomic E-state index is 0.0839. The molecule has 0 spiro atoms. The van der Waals surface area contributed by atoms with Crippen LogP contribution in [0.3, 0.4) is 0 Å². The van der Waals surface area contributed by atoms with Crippen LogP contribution in [0.1, 0.15) is 22.5 Å². The van der Waals surface area contributed by atoms with Crippen LogP contribution in [0.5, 0.6) is 11.8 Å². The lowest BCUT2D eigenvalue weighted by atomic mass is 10.1. The Hall–Kier alpha value is -3.54. The summed E-state index contributed by atoms with van der Waals surface area (Å²) in [4.78, 5) is 24.1. The van der Waals surface area contributed by atoms with Crippen LogP contribution < -0.4 is 4.74 Å². The second-order valence-corrected chi connectivity index (χ2v) is 6.50. The van der Waals surface area contributed by atoms with Gasteiger partial charge in [0.15, 0.2) is 5.75 Å². The highest BCUT2D eigenvalue weighted by Crippen LogP contribution is 2.32. The topological polar surface area (TPSA) is 113 Å². The first-order valence-corrected chi connectivity index (χ1v) is 9.11. The lowest BCUT2D eigenvalue weighted by Gasteiger charge is -2.07. The number of fused-ring (bicyclic) bond motifs is 1. The number of hydrogen-bond donors (Lipinski definition) is 1. The number of nitriles is 1. The molecule has 0 saturated carbocycles. The largest absolute Gasteiger partial charge is 0.423 e. The molecule has 142 valence electrons. The number of halogens is 2. The average molecular weight is 424 g/mol. The Kier molecular flexibility index (Phi) is 5.33. The number of nitrogens with zero attached hydrogens (tertiary/aromatic N) is 6. The van der Waals surface area contributed by atoms with Gasteiger partial charge in [-0.1, -0.05) is 23.2 Å². The molecule has 29 heavy (non-hydrogen) atoms. The van der Waals surface area contributed by atoms with Crippen LogP contribution in [-0.2, 0) is 6.42 Å². The Bertz CT molecular complexity index is 1250. The molecule has 4 aromatic heterocycles. The summed E-state index contributed by atoms with van der Waals surface area (Å²) in [6.45, 7) is 0. The van der Waals surface area contributed by atoms with Gasteiger partial charge in [-0.25, -0.2) is 9.97 Å². The van der Waals surface area contributed by atoms with Gasteiger partial charge in [-0.15, -0.1) is 0 Å². The molecule has 0 aliphatic rings.